The van der Waals surface area contributed by atoms with Crippen molar-refractivity contribution in [2.75, 3.05) is 0 Å². The summed E-state index contributed by atoms with van der Waals surface area (Å²) >= 11 is 0. The Kier molecular flexibility index (Phi) is 5.06. The van der Waals surface area contributed by atoms with Gasteiger partial charge in [-0.2, -0.15) is 5.26 Å². The second-order valence-corrected chi connectivity index (χ2v) is 4.10. The molecule has 1 unspecified atom stereocenters. The van der Waals surface area contributed by atoms with Gasteiger partial charge in [0.25, 0.3) is 0 Å². The smallest absolute Gasteiger partial charge is 0.220 e. The SMILES string of the molecule is CCC(=O)NC(Cc1ccc(C#N)cc1)C(C)=O. The van der Waals surface area contributed by atoms with Crippen molar-refractivity contribution in [1.29, 1.82) is 5.26 Å². The highest BCUT2D eigenvalue weighted by Gasteiger charge is 2.16. The third-order valence-corrected chi connectivity index (χ3v) is 2.67. The van der Waals surface area contributed by atoms with Crippen molar-refractivity contribution >= 4 is 11.7 Å². The maximum atomic E-state index is 11.5. The Morgan fingerprint density at radius 1 is 1.33 bits per heavy atom. The number of benzene rings is 1. The molecule has 4 nitrogen and oxygen atoms in total. The summed E-state index contributed by atoms with van der Waals surface area (Å²) in [5.74, 6) is -0.204. The van der Waals surface area contributed by atoms with Crippen LogP contribution in [0.15, 0.2) is 24.3 Å². The van der Waals surface area contributed by atoms with Crippen molar-refractivity contribution in [3.63, 3.8) is 0 Å². The number of ketones is 1. The Hall–Kier alpha value is -2.15. The molecule has 0 aliphatic carbocycles. The summed E-state index contributed by atoms with van der Waals surface area (Å²) < 4.78 is 0. The van der Waals surface area contributed by atoms with E-state index >= 15 is 0 Å². The summed E-state index contributed by atoms with van der Waals surface area (Å²) in [6.45, 7) is 3.21. The summed E-state index contributed by atoms with van der Waals surface area (Å²) in [4.78, 5) is 22.8. The predicted molar refractivity (Wildman–Crippen MR) is 67.8 cm³/mol. The molecule has 0 aliphatic heterocycles. The van der Waals surface area contributed by atoms with Crippen LogP contribution in [0.4, 0.5) is 0 Å². The first-order valence-corrected chi connectivity index (χ1v) is 5.85. The van der Waals surface area contributed by atoms with Crippen LogP contribution in [0.3, 0.4) is 0 Å². The molecule has 1 aromatic carbocycles. The van der Waals surface area contributed by atoms with E-state index < -0.39 is 6.04 Å². The average Bonchev–Trinajstić information content (AvgIpc) is 2.38. The third-order valence-electron chi connectivity index (χ3n) is 2.67. The summed E-state index contributed by atoms with van der Waals surface area (Å²) in [5.41, 5.74) is 1.50. The normalized spacial score (nSPS) is 11.4. The highest BCUT2D eigenvalue weighted by Crippen LogP contribution is 2.07. The lowest BCUT2D eigenvalue weighted by Crippen LogP contribution is -2.40. The van der Waals surface area contributed by atoms with Gasteiger partial charge in [-0.3, -0.25) is 9.59 Å². The monoisotopic (exact) mass is 244 g/mol. The lowest BCUT2D eigenvalue weighted by molar-refractivity contribution is -0.126. The first kappa shape index (κ1) is 13.9. The summed E-state index contributed by atoms with van der Waals surface area (Å²) in [6.07, 6.45) is 0.809. The molecular formula is C14H16N2O2. The van der Waals surface area contributed by atoms with Crippen LogP contribution in [0.5, 0.6) is 0 Å². The lowest BCUT2D eigenvalue weighted by Gasteiger charge is -2.15. The molecule has 0 radical (unpaired) electrons. The van der Waals surface area contributed by atoms with Crippen LogP contribution >= 0.6 is 0 Å². The van der Waals surface area contributed by atoms with Gasteiger partial charge in [-0.25, -0.2) is 0 Å². The number of hydrogen-bond donors (Lipinski definition) is 1. The Bertz CT molecular complexity index is 472. The molecule has 1 amide bonds. The van der Waals surface area contributed by atoms with E-state index in [9.17, 15) is 9.59 Å². The fourth-order valence-electron chi connectivity index (χ4n) is 1.54. The first-order chi connectivity index (χ1) is 8.56. The van der Waals surface area contributed by atoms with E-state index in [0.717, 1.165) is 5.56 Å². The highest BCUT2D eigenvalue weighted by molar-refractivity contribution is 5.87. The van der Waals surface area contributed by atoms with Gasteiger partial charge in [0.2, 0.25) is 5.91 Å². The van der Waals surface area contributed by atoms with Crippen LogP contribution in [-0.2, 0) is 16.0 Å². The number of hydrogen-bond acceptors (Lipinski definition) is 3. The minimum Gasteiger partial charge on any atom is -0.346 e. The quantitative estimate of drug-likeness (QED) is 0.855. The second kappa shape index (κ2) is 6.55. The summed E-state index contributed by atoms with van der Waals surface area (Å²) in [7, 11) is 0. The topological polar surface area (TPSA) is 70.0 Å². The van der Waals surface area contributed by atoms with E-state index in [1.54, 1.807) is 31.2 Å². The Balaban J connectivity index is 2.74. The van der Waals surface area contributed by atoms with Crippen molar-refractivity contribution in [2.45, 2.75) is 32.7 Å². The predicted octanol–water partition coefficient (Wildman–Crippen LogP) is 1.58. The van der Waals surface area contributed by atoms with Crippen LogP contribution in [0.25, 0.3) is 0 Å². The zero-order chi connectivity index (χ0) is 13.5. The van der Waals surface area contributed by atoms with E-state index in [0.29, 0.717) is 18.4 Å². The molecule has 0 fully saturated rings. The van der Waals surface area contributed by atoms with Gasteiger partial charge in [0.15, 0.2) is 5.78 Å². The molecule has 0 bridgehead atoms. The molecule has 0 aliphatic rings. The average molecular weight is 244 g/mol. The second-order valence-electron chi connectivity index (χ2n) is 4.10. The fraction of sp³-hybridized carbons (Fsp3) is 0.357. The zero-order valence-electron chi connectivity index (χ0n) is 10.6. The highest BCUT2D eigenvalue weighted by atomic mass is 16.2. The molecule has 0 saturated heterocycles. The van der Waals surface area contributed by atoms with Crippen LogP contribution in [0, 0.1) is 11.3 Å². The van der Waals surface area contributed by atoms with Crippen molar-refractivity contribution in [2.24, 2.45) is 0 Å². The molecular weight excluding hydrogens is 228 g/mol. The van der Waals surface area contributed by atoms with Gasteiger partial charge in [-0.15, -0.1) is 0 Å². The first-order valence-electron chi connectivity index (χ1n) is 5.85. The lowest BCUT2D eigenvalue weighted by atomic mass is 10.0. The molecule has 1 rings (SSSR count). The number of carbonyl (C=O) groups is 2. The number of carbonyl (C=O) groups excluding carboxylic acids is 2. The van der Waals surface area contributed by atoms with Gasteiger partial charge in [-0.1, -0.05) is 19.1 Å². The fourth-order valence-corrected chi connectivity index (χ4v) is 1.54. The van der Waals surface area contributed by atoms with Gasteiger partial charge in [0.05, 0.1) is 17.7 Å². The maximum absolute atomic E-state index is 11.5. The van der Waals surface area contributed by atoms with Gasteiger partial charge in [-0.05, 0) is 31.0 Å². The molecule has 0 spiro atoms. The molecule has 1 aromatic rings. The van der Waals surface area contributed by atoms with Crippen LogP contribution in [-0.4, -0.2) is 17.7 Å². The minimum atomic E-state index is -0.495. The number of amides is 1. The molecule has 18 heavy (non-hydrogen) atoms. The van der Waals surface area contributed by atoms with E-state index in [4.69, 9.17) is 5.26 Å². The maximum Gasteiger partial charge on any atom is 0.220 e. The van der Waals surface area contributed by atoms with Crippen LogP contribution in [0.2, 0.25) is 0 Å². The number of Topliss-reactive ketones (excluding diaryl/α,β-unsaturated/α-hetero) is 1. The van der Waals surface area contributed by atoms with Crippen LogP contribution < -0.4 is 5.32 Å². The van der Waals surface area contributed by atoms with Crippen LogP contribution in [0.1, 0.15) is 31.4 Å². The number of nitrogens with zero attached hydrogens (tertiary/aromatic N) is 1. The van der Waals surface area contributed by atoms with Gasteiger partial charge in [0, 0.05) is 6.42 Å². The van der Waals surface area contributed by atoms with Crippen molar-refractivity contribution in [3.8, 4) is 6.07 Å². The van der Waals surface area contributed by atoms with Gasteiger partial charge < -0.3 is 5.32 Å². The van der Waals surface area contributed by atoms with E-state index in [2.05, 4.69) is 5.32 Å². The van der Waals surface area contributed by atoms with E-state index in [-0.39, 0.29) is 11.7 Å². The number of nitrogens with one attached hydrogen (secondary N) is 1. The minimum absolute atomic E-state index is 0.0684. The van der Waals surface area contributed by atoms with E-state index in [1.807, 2.05) is 6.07 Å². The van der Waals surface area contributed by atoms with Gasteiger partial charge in [0.1, 0.15) is 0 Å². The van der Waals surface area contributed by atoms with Crippen molar-refractivity contribution < 1.29 is 9.59 Å². The van der Waals surface area contributed by atoms with Gasteiger partial charge >= 0.3 is 0 Å². The third kappa shape index (κ3) is 4.02. The zero-order valence-corrected chi connectivity index (χ0v) is 10.6. The van der Waals surface area contributed by atoms with Crippen molar-refractivity contribution in [3.05, 3.63) is 35.4 Å². The molecule has 0 heterocycles. The molecule has 94 valence electrons. The summed E-state index contributed by atoms with van der Waals surface area (Å²) in [6, 6.07) is 8.54. The number of nitriles is 1. The Morgan fingerprint density at radius 2 is 1.94 bits per heavy atom. The molecule has 1 atom stereocenters. The molecule has 1 N–H and O–H groups in total. The largest absolute Gasteiger partial charge is 0.346 e. The Labute approximate surface area is 107 Å². The molecule has 0 aromatic heterocycles. The molecule has 4 heteroatoms. The van der Waals surface area contributed by atoms with E-state index in [1.165, 1.54) is 6.92 Å². The molecule has 0 saturated carbocycles. The number of rotatable bonds is 5. The van der Waals surface area contributed by atoms with Crippen molar-refractivity contribution in [1.82, 2.24) is 5.32 Å². The standard InChI is InChI=1S/C14H16N2O2/c1-3-14(18)16-13(10(2)17)8-11-4-6-12(9-15)7-5-11/h4-7,13H,3,8H2,1-2H3,(H,16,18). The Morgan fingerprint density at radius 3 is 2.39 bits per heavy atom. The summed E-state index contributed by atoms with van der Waals surface area (Å²) in [5, 5.41) is 11.4.